The molecule has 0 aliphatic carbocycles. The van der Waals surface area contributed by atoms with Gasteiger partial charge in [0.05, 0.1) is 6.54 Å². The maximum Gasteiger partial charge on any atom is 0.253 e. The highest BCUT2D eigenvalue weighted by Gasteiger charge is 2.21. The lowest BCUT2D eigenvalue weighted by atomic mass is 10.0. The number of carbonyl (C=O) groups is 1. The Labute approximate surface area is 193 Å². The van der Waals surface area contributed by atoms with Crippen LogP contribution in [0.1, 0.15) is 28.1 Å². The van der Waals surface area contributed by atoms with Crippen molar-refractivity contribution in [1.29, 1.82) is 0 Å². The normalized spacial score (nSPS) is 15.0. The van der Waals surface area contributed by atoms with E-state index in [1.165, 1.54) is 28.8 Å². The second-order valence-electron chi connectivity index (χ2n) is 8.76. The van der Waals surface area contributed by atoms with Gasteiger partial charge < -0.3 is 9.32 Å². The van der Waals surface area contributed by atoms with Gasteiger partial charge in [0.25, 0.3) is 5.91 Å². The van der Waals surface area contributed by atoms with Crippen LogP contribution in [0.4, 0.5) is 4.39 Å². The molecular formula is C28H27FN2O2. The smallest absolute Gasteiger partial charge is 0.253 e. The number of halogens is 1. The van der Waals surface area contributed by atoms with Crippen LogP contribution in [0, 0.1) is 12.7 Å². The molecule has 1 saturated heterocycles. The molecule has 4 aromatic rings. The van der Waals surface area contributed by atoms with Crippen LogP contribution in [0.5, 0.6) is 0 Å². The summed E-state index contributed by atoms with van der Waals surface area (Å²) in [6.45, 7) is 5.83. The molecule has 2 heterocycles. The van der Waals surface area contributed by atoms with E-state index in [2.05, 4.69) is 54.3 Å². The van der Waals surface area contributed by atoms with Gasteiger partial charge in [-0.1, -0.05) is 35.9 Å². The van der Waals surface area contributed by atoms with Gasteiger partial charge in [-0.3, -0.25) is 9.69 Å². The summed E-state index contributed by atoms with van der Waals surface area (Å²) in [6.07, 6.45) is 0.894. The summed E-state index contributed by atoms with van der Waals surface area (Å²) in [5.41, 5.74) is 5.05. The maximum atomic E-state index is 13.2. The van der Waals surface area contributed by atoms with E-state index in [1.807, 2.05) is 11.0 Å². The first-order valence-electron chi connectivity index (χ1n) is 11.4. The zero-order valence-electron chi connectivity index (χ0n) is 18.8. The monoisotopic (exact) mass is 442 g/mol. The van der Waals surface area contributed by atoms with E-state index in [-0.39, 0.29) is 11.7 Å². The van der Waals surface area contributed by atoms with Crippen molar-refractivity contribution in [2.45, 2.75) is 19.9 Å². The van der Waals surface area contributed by atoms with Crippen LogP contribution in [0.25, 0.3) is 22.1 Å². The molecule has 1 aliphatic rings. The zero-order chi connectivity index (χ0) is 22.8. The summed E-state index contributed by atoms with van der Waals surface area (Å²) < 4.78 is 19.3. The molecule has 33 heavy (non-hydrogen) atoms. The van der Waals surface area contributed by atoms with Crippen molar-refractivity contribution >= 4 is 16.9 Å². The zero-order valence-corrected chi connectivity index (χ0v) is 18.8. The molecule has 4 nitrogen and oxygen atoms in total. The molecule has 5 heteroatoms. The molecule has 168 valence electrons. The second kappa shape index (κ2) is 9.20. The Bertz CT molecular complexity index is 1260. The van der Waals surface area contributed by atoms with Crippen LogP contribution in [0.3, 0.4) is 0 Å². The number of nitrogens with zero attached hydrogens (tertiary/aromatic N) is 2. The molecule has 1 fully saturated rings. The molecule has 5 rings (SSSR count). The second-order valence-corrected chi connectivity index (χ2v) is 8.76. The van der Waals surface area contributed by atoms with Crippen LogP contribution in [-0.4, -0.2) is 41.9 Å². The molecule has 0 bridgehead atoms. The van der Waals surface area contributed by atoms with E-state index in [1.54, 1.807) is 12.1 Å². The number of hydrogen-bond acceptors (Lipinski definition) is 3. The van der Waals surface area contributed by atoms with E-state index < -0.39 is 0 Å². The van der Waals surface area contributed by atoms with Crippen molar-refractivity contribution in [3.63, 3.8) is 0 Å². The maximum absolute atomic E-state index is 13.2. The lowest BCUT2D eigenvalue weighted by molar-refractivity contribution is 0.0760. The van der Waals surface area contributed by atoms with Crippen LogP contribution < -0.4 is 0 Å². The molecule has 1 amide bonds. The van der Waals surface area contributed by atoms with Gasteiger partial charge in [0.15, 0.2) is 0 Å². The molecule has 3 aromatic carbocycles. The van der Waals surface area contributed by atoms with Gasteiger partial charge in [-0.2, -0.15) is 0 Å². The molecule has 0 saturated carbocycles. The number of carbonyl (C=O) groups excluding carboxylic acids is 1. The van der Waals surface area contributed by atoms with E-state index in [0.717, 1.165) is 36.2 Å². The number of benzene rings is 3. The van der Waals surface area contributed by atoms with Crippen molar-refractivity contribution in [1.82, 2.24) is 9.80 Å². The Balaban J connectivity index is 1.25. The Hall–Kier alpha value is -3.44. The summed E-state index contributed by atoms with van der Waals surface area (Å²) in [6, 6.07) is 22.8. The van der Waals surface area contributed by atoms with Gasteiger partial charge >= 0.3 is 0 Å². The number of hydrogen-bond donors (Lipinski definition) is 0. The molecule has 0 unspecified atom stereocenters. The highest BCUT2D eigenvalue weighted by atomic mass is 19.1. The Morgan fingerprint density at radius 2 is 1.64 bits per heavy atom. The van der Waals surface area contributed by atoms with Gasteiger partial charge in [-0.05, 0) is 66.9 Å². The first-order valence-corrected chi connectivity index (χ1v) is 11.4. The summed E-state index contributed by atoms with van der Waals surface area (Å²) in [5, 5.41) is 1.10. The highest BCUT2D eigenvalue weighted by Crippen LogP contribution is 2.27. The first-order chi connectivity index (χ1) is 16.0. The van der Waals surface area contributed by atoms with Gasteiger partial charge in [0.2, 0.25) is 0 Å². The average Bonchev–Trinajstić information content (AvgIpc) is 3.08. The lowest BCUT2D eigenvalue weighted by Crippen LogP contribution is -2.35. The summed E-state index contributed by atoms with van der Waals surface area (Å²) in [4.78, 5) is 17.0. The highest BCUT2D eigenvalue weighted by molar-refractivity contribution is 5.94. The van der Waals surface area contributed by atoms with Gasteiger partial charge in [-0.15, -0.1) is 0 Å². The minimum absolute atomic E-state index is 0.0378. The fraction of sp³-hybridized carbons (Fsp3) is 0.250. The standard InChI is InChI=1S/C28H27FN2O2/c1-20-3-5-21(6-4-20)23-9-12-27-24(17-23)18-26(33-27)19-30-13-2-14-31(16-15-30)28(32)22-7-10-25(29)11-8-22/h3-12,17-18H,2,13-16,19H2,1H3. The average molecular weight is 443 g/mol. The molecule has 0 radical (unpaired) electrons. The third-order valence-corrected chi connectivity index (χ3v) is 6.30. The Morgan fingerprint density at radius 3 is 2.42 bits per heavy atom. The minimum Gasteiger partial charge on any atom is -0.460 e. The fourth-order valence-electron chi connectivity index (χ4n) is 4.43. The minimum atomic E-state index is -0.328. The number of furan rings is 1. The van der Waals surface area contributed by atoms with Crippen LogP contribution in [0.15, 0.2) is 77.2 Å². The van der Waals surface area contributed by atoms with Gasteiger partial charge in [-0.25, -0.2) is 4.39 Å². The first kappa shape index (κ1) is 21.4. The third-order valence-electron chi connectivity index (χ3n) is 6.30. The number of amides is 1. The van der Waals surface area contributed by atoms with Crippen molar-refractivity contribution in [3.8, 4) is 11.1 Å². The van der Waals surface area contributed by atoms with Crippen LogP contribution >= 0.6 is 0 Å². The van der Waals surface area contributed by atoms with Crippen molar-refractivity contribution < 1.29 is 13.6 Å². The van der Waals surface area contributed by atoms with Crippen LogP contribution in [-0.2, 0) is 6.54 Å². The van der Waals surface area contributed by atoms with E-state index in [0.29, 0.717) is 25.2 Å². The molecule has 1 aromatic heterocycles. The summed E-state index contributed by atoms with van der Waals surface area (Å²) in [5.74, 6) is 0.569. The van der Waals surface area contributed by atoms with Gasteiger partial charge in [0.1, 0.15) is 17.2 Å². The van der Waals surface area contributed by atoms with Crippen molar-refractivity contribution in [2.24, 2.45) is 0 Å². The van der Waals surface area contributed by atoms with Gasteiger partial charge in [0, 0.05) is 37.1 Å². The topological polar surface area (TPSA) is 36.7 Å². The summed E-state index contributed by atoms with van der Waals surface area (Å²) >= 11 is 0. The molecule has 0 spiro atoms. The quantitative estimate of drug-likeness (QED) is 0.395. The SMILES string of the molecule is Cc1ccc(-c2ccc3oc(CN4CCCN(C(=O)c5ccc(F)cc5)CC4)cc3c2)cc1. The predicted octanol–water partition coefficient (Wildman–Crippen LogP) is 5.90. The molecule has 1 aliphatic heterocycles. The van der Waals surface area contributed by atoms with E-state index >= 15 is 0 Å². The number of rotatable bonds is 4. The number of aryl methyl sites for hydroxylation is 1. The largest absolute Gasteiger partial charge is 0.460 e. The number of fused-ring (bicyclic) bond motifs is 1. The summed E-state index contributed by atoms with van der Waals surface area (Å²) in [7, 11) is 0. The molecule has 0 atom stereocenters. The molecule has 0 N–H and O–H groups in total. The Kier molecular flexibility index (Phi) is 5.97. The van der Waals surface area contributed by atoms with Crippen molar-refractivity contribution in [3.05, 3.63) is 95.5 Å². The van der Waals surface area contributed by atoms with Crippen molar-refractivity contribution in [2.75, 3.05) is 26.2 Å². The van der Waals surface area contributed by atoms with Crippen LogP contribution in [0.2, 0.25) is 0 Å². The lowest BCUT2D eigenvalue weighted by Gasteiger charge is -2.21. The molecular weight excluding hydrogens is 415 g/mol. The predicted molar refractivity (Wildman–Crippen MR) is 129 cm³/mol. The fourth-order valence-corrected chi connectivity index (χ4v) is 4.43. The van der Waals surface area contributed by atoms with E-state index in [4.69, 9.17) is 4.42 Å². The van der Waals surface area contributed by atoms with E-state index in [9.17, 15) is 9.18 Å². The third kappa shape index (κ3) is 4.83. The Morgan fingerprint density at radius 1 is 0.879 bits per heavy atom.